The van der Waals surface area contributed by atoms with E-state index in [1.807, 2.05) is 13.8 Å². The van der Waals surface area contributed by atoms with Crippen molar-refractivity contribution < 1.29 is 19.0 Å². The minimum absolute atomic E-state index is 0.0454. The van der Waals surface area contributed by atoms with E-state index < -0.39 is 0 Å². The van der Waals surface area contributed by atoms with Gasteiger partial charge in [0.2, 0.25) is 6.79 Å². The van der Waals surface area contributed by atoms with Crippen molar-refractivity contribution in [1.82, 2.24) is 0 Å². The van der Waals surface area contributed by atoms with E-state index in [0.29, 0.717) is 17.2 Å². The Morgan fingerprint density at radius 1 is 1.41 bits per heavy atom. The van der Waals surface area contributed by atoms with E-state index in [9.17, 15) is 4.79 Å². The molecular formula is C13H16O4. The Bertz CT molecular complexity index is 414. The second-order valence-electron chi connectivity index (χ2n) is 4.08. The van der Waals surface area contributed by atoms with Gasteiger partial charge in [0.15, 0.2) is 17.3 Å². The minimum Gasteiger partial charge on any atom is -0.486 e. The van der Waals surface area contributed by atoms with Crippen molar-refractivity contribution in [3.63, 3.8) is 0 Å². The fourth-order valence-electron chi connectivity index (χ4n) is 1.49. The maximum atomic E-state index is 11.6. The molecule has 0 aliphatic carbocycles. The Labute approximate surface area is 100 Å². The van der Waals surface area contributed by atoms with Gasteiger partial charge in [-0.25, -0.2) is 0 Å². The second kappa shape index (κ2) is 5.08. The number of rotatable bonds is 5. The zero-order valence-electron chi connectivity index (χ0n) is 10.1. The normalized spacial score (nSPS) is 14.5. The van der Waals surface area contributed by atoms with Gasteiger partial charge >= 0.3 is 0 Å². The van der Waals surface area contributed by atoms with Gasteiger partial charge in [-0.2, -0.15) is 0 Å². The predicted molar refractivity (Wildman–Crippen MR) is 62.5 cm³/mol. The number of hydrogen-bond acceptors (Lipinski definition) is 4. The highest BCUT2D eigenvalue weighted by Gasteiger charge is 2.15. The van der Waals surface area contributed by atoms with E-state index in [1.54, 1.807) is 18.2 Å². The Balaban J connectivity index is 1.93. The van der Waals surface area contributed by atoms with Crippen LogP contribution in [0.4, 0.5) is 0 Å². The molecule has 0 spiro atoms. The average molecular weight is 236 g/mol. The fourth-order valence-corrected chi connectivity index (χ4v) is 1.49. The van der Waals surface area contributed by atoms with Crippen LogP contribution in [0.15, 0.2) is 18.2 Å². The molecule has 4 heteroatoms. The standard InChI is InChI=1S/C13H16O4/c1-3-9(2)11(14)7-15-10-4-5-12-13(6-10)17-8-16-12/h4-6,9H,3,7-8H2,1-2H3. The summed E-state index contributed by atoms with van der Waals surface area (Å²) in [4.78, 5) is 11.6. The monoisotopic (exact) mass is 236 g/mol. The molecule has 0 amide bonds. The molecular weight excluding hydrogens is 220 g/mol. The summed E-state index contributed by atoms with van der Waals surface area (Å²) in [6.07, 6.45) is 0.837. The van der Waals surface area contributed by atoms with Crippen molar-refractivity contribution in [2.45, 2.75) is 20.3 Å². The van der Waals surface area contributed by atoms with E-state index in [1.165, 1.54) is 0 Å². The summed E-state index contributed by atoms with van der Waals surface area (Å²) in [6, 6.07) is 5.30. The molecule has 0 saturated carbocycles. The molecule has 92 valence electrons. The molecule has 1 aliphatic heterocycles. The number of benzene rings is 1. The van der Waals surface area contributed by atoms with Crippen molar-refractivity contribution >= 4 is 5.78 Å². The lowest BCUT2D eigenvalue weighted by Gasteiger charge is -2.09. The quantitative estimate of drug-likeness (QED) is 0.787. The van der Waals surface area contributed by atoms with Gasteiger partial charge in [-0.05, 0) is 18.6 Å². The van der Waals surface area contributed by atoms with E-state index in [0.717, 1.165) is 6.42 Å². The van der Waals surface area contributed by atoms with Crippen LogP contribution in [0.25, 0.3) is 0 Å². The lowest BCUT2D eigenvalue weighted by molar-refractivity contribution is -0.124. The number of carbonyl (C=O) groups excluding carboxylic acids is 1. The molecule has 1 unspecified atom stereocenters. The third-order valence-corrected chi connectivity index (χ3v) is 2.89. The van der Waals surface area contributed by atoms with E-state index in [4.69, 9.17) is 14.2 Å². The Morgan fingerprint density at radius 3 is 2.94 bits per heavy atom. The van der Waals surface area contributed by atoms with Gasteiger partial charge in [0.05, 0.1) is 0 Å². The maximum Gasteiger partial charge on any atom is 0.231 e. The van der Waals surface area contributed by atoms with Crippen LogP contribution in [-0.4, -0.2) is 19.2 Å². The van der Waals surface area contributed by atoms with Crippen LogP contribution in [0.3, 0.4) is 0 Å². The van der Waals surface area contributed by atoms with Gasteiger partial charge in [0.25, 0.3) is 0 Å². The van der Waals surface area contributed by atoms with Crippen molar-refractivity contribution in [2.75, 3.05) is 13.4 Å². The molecule has 17 heavy (non-hydrogen) atoms. The van der Waals surface area contributed by atoms with Crippen LogP contribution in [-0.2, 0) is 4.79 Å². The SMILES string of the molecule is CCC(C)C(=O)COc1ccc2c(c1)OCO2. The molecule has 0 N–H and O–H groups in total. The number of ether oxygens (including phenoxy) is 3. The first-order valence-electron chi connectivity index (χ1n) is 5.76. The van der Waals surface area contributed by atoms with E-state index in [2.05, 4.69) is 0 Å². The maximum absolute atomic E-state index is 11.6. The Morgan fingerprint density at radius 2 is 2.18 bits per heavy atom. The molecule has 1 heterocycles. The minimum atomic E-state index is 0.0454. The fraction of sp³-hybridized carbons (Fsp3) is 0.462. The highest BCUT2D eigenvalue weighted by atomic mass is 16.7. The van der Waals surface area contributed by atoms with Crippen LogP contribution in [0, 0.1) is 5.92 Å². The summed E-state index contributed by atoms with van der Waals surface area (Å²) >= 11 is 0. The number of ketones is 1. The van der Waals surface area contributed by atoms with Gasteiger partial charge in [-0.1, -0.05) is 13.8 Å². The zero-order chi connectivity index (χ0) is 12.3. The molecule has 1 aromatic carbocycles. The number of hydrogen-bond donors (Lipinski definition) is 0. The third kappa shape index (κ3) is 2.70. The highest BCUT2D eigenvalue weighted by Crippen LogP contribution is 2.35. The second-order valence-corrected chi connectivity index (χ2v) is 4.08. The van der Waals surface area contributed by atoms with Crippen molar-refractivity contribution in [2.24, 2.45) is 5.92 Å². The van der Waals surface area contributed by atoms with Crippen LogP contribution in [0.1, 0.15) is 20.3 Å². The van der Waals surface area contributed by atoms with Crippen LogP contribution in [0.5, 0.6) is 17.2 Å². The first-order chi connectivity index (χ1) is 8.20. The van der Waals surface area contributed by atoms with Crippen molar-refractivity contribution in [1.29, 1.82) is 0 Å². The molecule has 1 aromatic rings. The largest absolute Gasteiger partial charge is 0.486 e. The number of carbonyl (C=O) groups is 1. The number of Topliss-reactive ketones (excluding diaryl/α,β-unsaturated/α-hetero) is 1. The lowest BCUT2D eigenvalue weighted by Crippen LogP contribution is -2.18. The van der Waals surface area contributed by atoms with E-state index in [-0.39, 0.29) is 25.1 Å². The summed E-state index contributed by atoms with van der Waals surface area (Å²) in [7, 11) is 0. The Kier molecular flexibility index (Phi) is 3.52. The molecule has 0 aromatic heterocycles. The molecule has 2 rings (SSSR count). The van der Waals surface area contributed by atoms with Gasteiger partial charge in [-0.15, -0.1) is 0 Å². The van der Waals surface area contributed by atoms with Crippen LogP contribution < -0.4 is 14.2 Å². The Hall–Kier alpha value is -1.71. The molecule has 0 bridgehead atoms. The first-order valence-corrected chi connectivity index (χ1v) is 5.76. The summed E-state index contributed by atoms with van der Waals surface area (Å²) in [5.74, 6) is 2.17. The van der Waals surface area contributed by atoms with Crippen molar-refractivity contribution in [3.05, 3.63) is 18.2 Å². The van der Waals surface area contributed by atoms with Gasteiger partial charge in [0, 0.05) is 12.0 Å². The summed E-state index contributed by atoms with van der Waals surface area (Å²) in [6.45, 7) is 4.24. The first kappa shape index (κ1) is 11.8. The van der Waals surface area contributed by atoms with Gasteiger partial charge < -0.3 is 14.2 Å². The smallest absolute Gasteiger partial charge is 0.231 e. The topological polar surface area (TPSA) is 44.8 Å². The third-order valence-electron chi connectivity index (χ3n) is 2.89. The van der Waals surface area contributed by atoms with Crippen LogP contribution in [0.2, 0.25) is 0 Å². The highest BCUT2D eigenvalue weighted by molar-refractivity contribution is 5.82. The summed E-state index contributed by atoms with van der Waals surface area (Å²) < 4.78 is 15.8. The van der Waals surface area contributed by atoms with E-state index >= 15 is 0 Å². The van der Waals surface area contributed by atoms with Gasteiger partial charge in [0.1, 0.15) is 12.4 Å². The lowest BCUT2D eigenvalue weighted by atomic mass is 10.1. The van der Waals surface area contributed by atoms with Gasteiger partial charge in [-0.3, -0.25) is 4.79 Å². The summed E-state index contributed by atoms with van der Waals surface area (Å²) in [5, 5.41) is 0. The average Bonchev–Trinajstić information content (AvgIpc) is 2.82. The molecule has 0 radical (unpaired) electrons. The zero-order valence-corrected chi connectivity index (χ0v) is 10.1. The number of fused-ring (bicyclic) bond motifs is 1. The van der Waals surface area contributed by atoms with Crippen molar-refractivity contribution in [3.8, 4) is 17.2 Å². The van der Waals surface area contributed by atoms with Crippen LogP contribution >= 0.6 is 0 Å². The molecule has 0 saturated heterocycles. The predicted octanol–water partition coefficient (Wildman–Crippen LogP) is 2.41. The molecule has 1 aliphatic rings. The molecule has 1 atom stereocenters. The summed E-state index contributed by atoms with van der Waals surface area (Å²) in [5.41, 5.74) is 0. The molecule has 4 nitrogen and oxygen atoms in total. The molecule has 0 fully saturated rings.